The number of allylic oxidation sites excluding steroid dienone is 3. The number of carbonyl (C=O) groups excluding carboxylic acids is 1. The highest BCUT2D eigenvalue weighted by Gasteiger charge is 2.55. The molecule has 6 atom stereocenters. The fraction of sp³-hybridized carbons (Fsp3) is 0.567. The quantitative estimate of drug-likeness (QED) is 0.508. The fourth-order valence-electron chi connectivity index (χ4n) is 7.61. The maximum atomic E-state index is 13.6. The maximum Gasteiger partial charge on any atom is 0.185 e. The molecule has 3 aliphatic carbocycles. The van der Waals surface area contributed by atoms with Gasteiger partial charge in [0.15, 0.2) is 22.7 Å². The standard InChI is InChI=1S/C30H36O4/c1-15-10-11-20-25-23(15)18(4)24-16(2)14-33-26(24)27(25)34-30(6,28(20)32)21-13-29(5)17(3)8-7-9-19(29)12-22(21)31/h12-15,17,20,28,32H,7-11H2,1-6H3/t15-,17-,20+,28+,29+,30+/m0/s1. The van der Waals surface area contributed by atoms with Crippen LogP contribution in [0.1, 0.15) is 93.9 Å². The molecule has 1 aliphatic heterocycles. The highest BCUT2D eigenvalue weighted by atomic mass is 16.5. The third-order valence-electron chi connectivity index (χ3n) is 9.88. The van der Waals surface area contributed by atoms with Crippen LogP contribution in [-0.2, 0) is 4.79 Å². The van der Waals surface area contributed by atoms with Gasteiger partial charge in [-0.05, 0) is 87.5 Å². The number of aliphatic hydroxyl groups excluding tert-OH is 1. The van der Waals surface area contributed by atoms with Crippen molar-refractivity contribution in [2.75, 3.05) is 0 Å². The number of carbonyl (C=O) groups is 1. The van der Waals surface area contributed by atoms with Crippen molar-refractivity contribution < 1.29 is 19.1 Å². The minimum absolute atomic E-state index is 0.0186. The molecule has 0 unspecified atom stereocenters. The minimum atomic E-state index is -1.13. The summed E-state index contributed by atoms with van der Waals surface area (Å²) in [6.45, 7) is 13.0. The number of furan rings is 1. The Bertz CT molecular complexity index is 1290. The van der Waals surface area contributed by atoms with E-state index in [0.717, 1.165) is 59.9 Å². The Morgan fingerprint density at radius 2 is 1.85 bits per heavy atom. The first-order valence-corrected chi connectivity index (χ1v) is 13.0. The molecular formula is C30H36O4. The molecule has 2 aromatic rings. The molecular weight excluding hydrogens is 424 g/mol. The first-order chi connectivity index (χ1) is 16.1. The molecule has 34 heavy (non-hydrogen) atoms. The summed E-state index contributed by atoms with van der Waals surface area (Å²) in [7, 11) is 0. The number of ketones is 1. The maximum absolute atomic E-state index is 13.6. The van der Waals surface area contributed by atoms with Gasteiger partial charge in [-0.2, -0.15) is 0 Å². The van der Waals surface area contributed by atoms with Gasteiger partial charge >= 0.3 is 0 Å². The Hall–Kier alpha value is -2.33. The van der Waals surface area contributed by atoms with Crippen molar-refractivity contribution in [1.29, 1.82) is 0 Å². The Labute approximate surface area is 202 Å². The van der Waals surface area contributed by atoms with E-state index in [4.69, 9.17) is 9.15 Å². The second-order valence-electron chi connectivity index (χ2n) is 11.8. The van der Waals surface area contributed by atoms with Gasteiger partial charge in [0.1, 0.15) is 6.10 Å². The molecule has 6 rings (SSSR count). The molecule has 4 aliphatic rings. The summed E-state index contributed by atoms with van der Waals surface area (Å²) in [5.74, 6) is 1.47. The molecule has 0 saturated heterocycles. The van der Waals surface area contributed by atoms with Crippen LogP contribution in [0.2, 0.25) is 0 Å². The van der Waals surface area contributed by atoms with Crippen LogP contribution in [0.5, 0.6) is 5.75 Å². The monoisotopic (exact) mass is 460 g/mol. The lowest BCUT2D eigenvalue weighted by molar-refractivity contribution is -0.117. The summed E-state index contributed by atoms with van der Waals surface area (Å²) in [6.07, 6.45) is 10.1. The number of rotatable bonds is 1. The van der Waals surface area contributed by atoms with Crippen molar-refractivity contribution in [3.8, 4) is 5.75 Å². The van der Waals surface area contributed by atoms with Gasteiger partial charge in [-0.1, -0.05) is 32.4 Å². The van der Waals surface area contributed by atoms with Crippen LogP contribution >= 0.6 is 0 Å². The van der Waals surface area contributed by atoms with E-state index in [1.54, 1.807) is 6.26 Å². The van der Waals surface area contributed by atoms with E-state index in [-0.39, 0.29) is 17.1 Å². The zero-order chi connectivity index (χ0) is 24.2. The number of hydrogen-bond acceptors (Lipinski definition) is 4. The van der Waals surface area contributed by atoms with E-state index in [2.05, 4.69) is 40.7 Å². The number of aliphatic hydroxyl groups is 1. The van der Waals surface area contributed by atoms with Crippen LogP contribution < -0.4 is 4.74 Å². The average Bonchev–Trinajstić information content (AvgIpc) is 3.18. The Balaban J connectivity index is 1.58. The summed E-state index contributed by atoms with van der Waals surface area (Å²) in [5.41, 5.74) is 6.00. The third kappa shape index (κ3) is 2.66. The van der Waals surface area contributed by atoms with E-state index in [1.807, 2.05) is 13.0 Å². The zero-order valence-corrected chi connectivity index (χ0v) is 21.2. The van der Waals surface area contributed by atoms with Crippen molar-refractivity contribution in [2.45, 2.75) is 97.2 Å². The van der Waals surface area contributed by atoms with Gasteiger partial charge in [-0.25, -0.2) is 0 Å². The molecule has 2 heterocycles. The van der Waals surface area contributed by atoms with Crippen LogP contribution in [0.15, 0.2) is 34.0 Å². The molecule has 1 N–H and O–H groups in total. The largest absolute Gasteiger partial charge is 0.476 e. The molecule has 1 saturated carbocycles. The van der Waals surface area contributed by atoms with E-state index in [0.29, 0.717) is 17.4 Å². The smallest absolute Gasteiger partial charge is 0.185 e. The lowest BCUT2D eigenvalue weighted by Crippen LogP contribution is -2.55. The topological polar surface area (TPSA) is 59.7 Å². The summed E-state index contributed by atoms with van der Waals surface area (Å²) in [5, 5.41) is 13.0. The summed E-state index contributed by atoms with van der Waals surface area (Å²) in [6, 6.07) is 0. The van der Waals surface area contributed by atoms with Gasteiger partial charge in [-0.3, -0.25) is 4.79 Å². The molecule has 0 bridgehead atoms. The molecule has 1 aromatic heterocycles. The van der Waals surface area contributed by atoms with E-state index in [9.17, 15) is 9.90 Å². The number of fused-ring (bicyclic) bond motifs is 3. The van der Waals surface area contributed by atoms with Gasteiger partial charge in [0.25, 0.3) is 0 Å². The van der Waals surface area contributed by atoms with E-state index in [1.165, 1.54) is 16.7 Å². The Morgan fingerprint density at radius 1 is 1.09 bits per heavy atom. The third-order valence-corrected chi connectivity index (χ3v) is 9.88. The van der Waals surface area contributed by atoms with Crippen molar-refractivity contribution in [1.82, 2.24) is 0 Å². The van der Waals surface area contributed by atoms with Crippen molar-refractivity contribution in [2.24, 2.45) is 11.3 Å². The summed E-state index contributed by atoms with van der Waals surface area (Å²) >= 11 is 0. The van der Waals surface area contributed by atoms with Gasteiger partial charge in [-0.15, -0.1) is 0 Å². The fourth-order valence-corrected chi connectivity index (χ4v) is 7.61. The lowest BCUT2D eigenvalue weighted by atomic mass is 9.59. The molecule has 1 fully saturated rings. The lowest BCUT2D eigenvalue weighted by Gasteiger charge is -2.50. The molecule has 4 nitrogen and oxygen atoms in total. The van der Waals surface area contributed by atoms with Gasteiger partial charge < -0.3 is 14.3 Å². The van der Waals surface area contributed by atoms with Gasteiger partial charge in [0.05, 0.1) is 6.26 Å². The van der Waals surface area contributed by atoms with Gasteiger partial charge in [0, 0.05) is 27.9 Å². The molecule has 0 radical (unpaired) electrons. The van der Waals surface area contributed by atoms with Crippen LogP contribution in [0.25, 0.3) is 11.0 Å². The Morgan fingerprint density at radius 3 is 2.62 bits per heavy atom. The summed E-state index contributed by atoms with van der Waals surface area (Å²) < 4.78 is 12.9. The SMILES string of the molecule is Cc1coc2c3c4c(c(C)c12)[C@@H](C)CC[C@H]4[C@@H](O)[C@@](C)(C1=C[C@@]2(C)C(=CC1=O)CCC[C@@H]2C)O3. The van der Waals surface area contributed by atoms with Gasteiger partial charge in [0.2, 0.25) is 0 Å². The second-order valence-corrected chi connectivity index (χ2v) is 11.8. The number of aryl methyl sites for hydroxylation is 2. The van der Waals surface area contributed by atoms with Crippen LogP contribution in [0.3, 0.4) is 0 Å². The molecule has 0 spiro atoms. The number of hydrogen-bond donors (Lipinski definition) is 1. The highest BCUT2D eigenvalue weighted by Crippen LogP contribution is 2.58. The summed E-state index contributed by atoms with van der Waals surface area (Å²) in [4.78, 5) is 13.6. The van der Waals surface area contributed by atoms with Crippen molar-refractivity contribution >= 4 is 16.8 Å². The second kappa shape index (κ2) is 7.10. The molecule has 4 heteroatoms. The number of benzene rings is 1. The van der Waals surface area contributed by atoms with E-state index >= 15 is 0 Å². The average molecular weight is 461 g/mol. The molecule has 1 aromatic carbocycles. The predicted octanol–water partition coefficient (Wildman–Crippen LogP) is 6.80. The molecule has 0 amide bonds. The normalized spacial score (nSPS) is 37.0. The van der Waals surface area contributed by atoms with E-state index < -0.39 is 11.7 Å². The Kier molecular flexibility index (Phi) is 4.63. The zero-order valence-electron chi connectivity index (χ0n) is 21.2. The highest BCUT2D eigenvalue weighted by molar-refractivity contribution is 6.07. The minimum Gasteiger partial charge on any atom is -0.476 e. The van der Waals surface area contributed by atoms with Crippen LogP contribution in [0, 0.1) is 25.2 Å². The first-order valence-electron chi connectivity index (χ1n) is 13.0. The van der Waals surface area contributed by atoms with Crippen molar-refractivity contribution in [3.63, 3.8) is 0 Å². The first kappa shape index (κ1) is 22.2. The predicted molar refractivity (Wildman–Crippen MR) is 133 cm³/mol. The molecule has 180 valence electrons. The van der Waals surface area contributed by atoms with Crippen LogP contribution in [0.4, 0.5) is 0 Å². The van der Waals surface area contributed by atoms with Crippen molar-refractivity contribution in [3.05, 3.63) is 51.8 Å². The number of ether oxygens (including phenoxy) is 1. The van der Waals surface area contributed by atoms with Crippen LogP contribution in [-0.4, -0.2) is 22.6 Å².